The SMILES string of the molecule is CC1CCCC2CC(C)C(=O)C2C1=O. The highest BCUT2D eigenvalue weighted by molar-refractivity contribution is 6.05. The third-order valence-corrected chi connectivity index (χ3v) is 3.92. The molecule has 0 radical (unpaired) electrons. The van der Waals surface area contributed by atoms with Crippen molar-refractivity contribution in [3.05, 3.63) is 0 Å². The van der Waals surface area contributed by atoms with E-state index in [0.29, 0.717) is 5.92 Å². The Balaban J connectivity index is 2.25. The number of Topliss-reactive ketones (excluding diaryl/α,β-unsaturated/α-hetero) is 2. The number of fused-ring (bicyclic) bond motifs is 1. The minimum atomic E-state index is -0.234. The maximum Gasteiger partial charge on any atom is 0.146 e. The van der Waals surface area contributed by atoms with Gasteiger partial charge in [0.2, 0.25) is 0 Å². The third-order valence-electron chi connectivity index (χ3n) is 3.92. The molecule has 2 rings (SSSR count). The summed E-state index contributed by atoms with van der Waals surface area (Å²) in [5, 5.41) is 0. The summed E-state index contributed by atoms with van der Waals surface area (Å²) in [6.07, 6.45) is 4.13. The van der Waals surface area contributed by atoms with Crippen LogP contribution in [0.2, 0.25) is 0 Å². The smallest absolute Gasteiger partial charge is 0.146 e. The van der Waals surface area contributed by atoms with Crippen LogP contribution in [-0.4, -0.2) is 11.6 Å². The number of hydrogen-bond acceptors (Lipinski definition) is 2. The van der Waals surface area contributed by atoms with Gasteiger partial charge in [0, 0.05) is 11.8 Å². The van der Waals surface area contributed by atoms with E-state index in [0.717, 1.165) is 25.7 Å². The van der Waals surface area contributed by atoms with Gasteiger partial charge in [-0.3, -0.25) is 9.59 Å². The first kappa shape index (κ1) is 9.88. The zero-order valence-electron chi connectivity index (χ0n) is 8.95. The second kappa shape index (κ2) is 3.48. The Hall–Kier alpha value is -0.660. The van der Waals surface area contributed by atoms with Gasteiger partial charge in [0.15, 0.2) is 0 Å². The monoisotopic (exact) mass is 194 g/mol. The average molecular weight is 194 g/mol. The van der Waals surface area contributed by atoms with Gasteiger partial charge in [0.05, 0.1) is 5.92 Å². The predicted octanol–water partition coefficient (Wildman–Crippen LogP) is 2.22. The van der Waals surface area contributed by atoms with Crippen LogP contribution in [0, 0.1) is 23.7 Å². The Bertz CT molecular complexity index is 269. The quantitative estimate of drug-likeness (QED) is 0.554. The molecule has 4 atom stereocenters. The maximum absolute atomic E-state index is 12.0. The van der Waals surface area contributed by atoms with Crippen LogP contribution in [0.25, 0.3) is 0 Å². The molecule has 0 heterocycles. The number of carbonyl (C=O) groups excluding carboxylic acids is 2. The molecule has 0 aromatic rings. The van der Waals surface area contributed by atoms with Crippen LogP contribution in [0.3, 0.4) is 0 Å². The van der Waals surface area contributed by atoms with Gasteiger partial charge in [-0.1, -0.05) is 20.3 Å². The van der Waals surface area contributed by atoms with Crippen molar-refractivity contribution in [2.75, 3.05) is 0 Å². The minimum absolute atomic E-state index is 0.110. The van der Waals surface area contributed by atoms with E-state index in [1.54, 1.807) is 0 Å². The van der Waals surface area contributed by atoms with E-state index in [-0.39, 0.29) is 29.3 Å². The molecule has 2 aliphatic carbocycles. The van der Waals surface area contributed by atoms with Crippen molar-refractivity contribution in [2.24, 2.45) is 23.7 Å². The van der Waals surface area contributed by atoms with Crippen LogP contribution < -0.4 is 0 Å². The standard InChI is InChI=1S/C12H18O2/c1-7-4-3-5-9-6-8(2)12(14)10(9)11(7)13/h7-10H,3-6H2,1-2H3. The van der Waals surface area contributed by atoms with Crippen LogP contribution in [0.5, 0.6) is 0 Å². The largest absolute Gasteiger partial charge is 0.299 e. The first-order valence-corrected chi connectivity index (χ1v) is 5.68. The second-order valence-electron chi connectivity index (χ2n) is 5.01. The molecule has 4 unspecified atom stereocenters. The van der Waals surface area contributed by atoms with Crippen LogP contribution in [0.1, 0.15) is 39.5 Å². The van der Waals surface area contributed by atoms with E-state index < -0.39 is 0 Å². The molecule has 2 saturated carbocycles. The molecular weight excluding hydrogens is 176 g/mol. The molecule has 2 nitrogen and oxygen atoms in total. The highest BCUT2D eigenvalue weighted by Crippen LogP contribution is 2.41. The fourth-order valence-electron chi connectivity index (χ4n) is 3.04. The van der Waals surface area contributed by atoms with Crippen molar-refractivity contribution in [1.82, 2.24) is 0 Å². The second-order valence-corrected chi connectivity index (χ2v) is 5.01. The topological polar surface area (TPSA) is 34.1 Å². The van der Waals surface area contributed by atoms with Crippen LogP contribution in [-0.2, 0) is 9.59 Å². The van der Waals surface area contributed by atoms with E-state index in [1.165, 1.54) is 0 Å². The van der Waals surface area contributed by atoms with Gasteiger partial charge in [-0.05, 0) is 25.2 Å². The Morgan fingerprint density at radius 1 is 1.00 bits per heavy atom. The lowest BCUT2D eigenvalue weighted by Gasteiger charge is -2.14. The van der Waals surface area contributed by atoms with Gasteiger partial charge in [0.1, 0.15) is 11.6 Å². The Labute approximate surface area is 85.1 Å². The van der Waals surface area contributed by atoms with Gasteiger partial charge in [-0.15, -0.1) is 0 Å². The summed E-state index contributed by atoms with van der Waals surface area (Å²) in [5.74, 6) is 0.812. The summed E-state index contributed by atoms with van der Waals surface area (Å²) < 4.78 is 0. The van der Waals surface area contributed by atoms with Crippen LogP contribution in [0.15, 0.2) is 0 Å². The molecule has 0 N–H and O–H groups in total. The Kier molecular flexibility index (Phi) is 2.46. The Morgan fingerprint density at radius 2 is 1.64 bits per heavy atom. The normalized spacial score (nSPS) is 43.6. The molecule has 0 saturated heterocycles. The van der Waals surface area contributed by atoms with E-state index in [1.807, 2.05) is 13.8 Å². The van der Waals surface area contributed by atoms with Crippen molar-refractivity contribution in [3.63, 3.8) is 0 Å². The van der Waals surface area contributed by atoms with Gasteiger partial charge >= 0.3 is 0 Å². The van der Waals surface area contributed by atoms with Gasteiger partial charge in [-0.25, -0.2) is 0 Å². The predicted molar refractivity (Wildman–Crippen MR) is 53.8 cm³/mol. The highest BCUT2D eigenvalue weighted by atomic mass is 16.2. The average Bonchev–Trinajstić information content (AvgIpc) is 2.33. The van der Waals surface area contributed by atoms with Crippen molar-refractivity contribution < 1.29 is 9.59 Å². The van der Waals surface area contributed by atoms with E-state index >= 15 is 0 Å². The first-order valence-electron chi connectivity index (χ1n) is 5.68. The fourth-order valence-corrected chi connectivity index (χ4v) is 3.04. The Morgan fingerprint density at radius 3 is 2.36 bits per heavy atom. The summed E-state index contributed by atoms with van der Waals surface area (Å²) in [6.45, 7) is 3.94. The lowest BCUT2D eigenvalue weighted by atomic mass is 9.87. The molecule has 0 spiro atoms. The van der Waals surface area contributed by atoms with Crippen molar-refractivity contribution in [1.29, 1.82) is 0 Å². The fraction of sp³-hybridized carbons (Fsp3) is 0.833. The molecule has 0 amide bonds. The molecule has 14 heavy (non-hydrogen) atoms. The number of carbonyl (C=O) groups is 2. The molecular formula is C12H18O2. The van der Waals surface area contributed by atoms with Gasteiger partial charge in [-0.2, -0.15) is 0 Å². The molecule has 0 bridgehead atoms. The summed E-state index contributed by atoms with van der Waals surface area (Å²) in [6, 6.07) is 0. The molecule has 0 aliphatic heterocycles. The lowest BCUT2D eigenvalue weighted by Crippen LogP contribution is -2.28. The van der Waals surface area contributed by atoms with Gasteiger partial charge in [0.25, 0.3) is 0 Å². The molecule has 0 aromatic heterocycles. The highest BCUT2D eigenvalue weighted by Gasteiger charge is 2.45. The summed E-state index contributed by atoms with van der Waals surface area (Å²) in [4.78, 5) is 23.8. The van der Waals surface area contributed by atoms with Gasteiger partial charge < -0.3 is 0 Å². The van der Waals surface area contributed by atoms with E-state index in [4.69, 9.17) is 0 Å². The zero-order chi connectivity index (χ0) is 10.3. The number of rotatable bonds is 0. The van der Waals surface area contributed by atoms with Crippen LogP contribution in [0.4, 0.5) is 0 Å². The van der Waals surface area contributed by atoms with E-state index in [2.05, 4.69) is 0 Å². The first-order chi connectivity index (χ1) is 6.61. The van der Waals surface area contributed by atoms with Crippen molar-refractivity contribution in [2.45, 2.75) is 39.5 Å². The summed E-state index contributed by atoms with van der Waals surface area (Å²) in [5.41, 5.74) is 0. The molecule has 2 fully saturated rings. The molecule has 2 aliphatic rings. The zero-order valence-corrected chi connectivity index (χ0v) is 8.95. The molecule has 2 heteroatoms. The minimum Gasteiger partial charge on any atom is -0.299 e. The summed E-state index contributed by atoms with van der Waals surface area (Å²) >= 11 is 0. The van der Waals surface area contributed by atoms with Crippen LogP contribution >= 0.6 is 0 Å². The number of hydrogen-bond donors (Lipinski definition) is 0. The van der Waals surface area contributed by atoms with Crippen molar-refractivity contribution in [3.8, 4) is 0 Å². The lowest BCUT2D eigenvalue weighted by molar-refractivity contribution is -0.135. The van der Waals surface area contributed by atoms with E-state index in [9.17, 15) is 9.59 Å². The number of ketones is 2. The molecule has 78 valence electrons. The summed E-state index contributed by atoms with van der Waals surface area (Å²) in [7, 11) is 0. The van der Waals surface area contributed by atoms with Crippen molar-refractivity contribution >= 4 is 11.6 Å². The molecule has 0 aromatic carbocycles. The maximum atomic E-state index is 12.0. The third kappa shape index (κ3) is 1.41.